The van der Waals surface area contributed by atoms with Crippen molar-refractivity contribution in [2.45, 2.75) is 57.6 Å². The summed E-state index contributed by atoms with van der Waals surface area (Å²) in [5, 5.41) is -0.367. The van der Waals surface area contributed by atoms with Crippen LogP contribution in [0, 0.1) is 11.7 Å². The second kappa shape index (κ2) is 10.9. The Morgan fingerprint density at radius 3 is 2.50 bits per heavy atom. The van der Waals surface area contributed by atoms with E-state index in [9.17, 15) is 17.6 Å². The molecular formula is C27H32FN5O4S. The summed E-state index contributed by atoms with van der Waals surface area (Å²) in [6.07, 6.45) is 1.76. The molecule has 3 N–H and O–H groups in total. The van der Waals surface area contributed by atoms with Crippen molar-refractivity contribution >= 4 is 27.6 Å². The zero-order valence-electron chi connectivity index (χ0n) is 21.8. The van der Waals surface area contributed by atoms with Gasteiger partial charge in [0.15, 0.2) is 5.03 Å². The first kappa shape index (κ1) is 27.3. The number of nitrogens with two attached hydrogens (primary N) is 1. The Labute approximate surface area is 222 Å². The van der Waals surface area contributed by atoms with E-state index in [1.54, 1.807) is 12.1 Å². The number of rotatable bonds is 8. The van der Waals surface area contributed by atoms with Gasteiger partial charge in [0, 0.05) is 23.7 Å². The maximum absolute atomic E-state index is 14.5. The molecule has 0 unspecified atom stereocenters. The molecule has 1 fully saturated rings. The van der Waals surface area contributed by atoms with E-state index in [4.69, 9.17) is 15.5 Å². The second-order valence-electron chi connectivity index (χ2n) is 9.97. The molecule has 0 radical (unpaired) electrons. The lowest BCUT2D eigenvalue weighted by atomic mass is 10.1. The maximum Gasteiger partial charge on any atom is 0.281 e. The van der Waals surface area contributed by atoms with Gasteiger partial charge in [-0.15, -0.1) is 0 Å². The average Bonchev–Trinajstić information content (AvgIpc) is 3.19. The molecule has 1 aromatic carbocycles. The van der Waals surface area contributed by atoms with Crippen molar-refractivity contribution in [3.05, 3.63) is 59.9 Å². The van der Waals surface area contributed by atoms with E-state index in [0.29, 0.717) is 29.4 Å². The Morgan fingerprint density at radius 1 is 1.13 bits per heavy atom. The van der Waals surface area contributed by atoms with E-state index in [-0.39, 0.29) is 34.4 Å². The number of amides is 1. The molecule has 1 saturated heterocycles. The van der Waals surface area contributed by atoms with Crippen molar-refractivity contribution in [2.24, 2.45) is 5.92 Å². The Balaban J connectivity index is 1.74. The number of hydrogen-bond acceptors (Lipinski definition) is 8. The summed E-state index contributed by atoms with van der Waals surface area (Å²) >= 11 is 0. The first-order valence-electron chi connectivity index (χ1n) is 12.5. The maximum atomic E-state index is 14.5. The predicted octanol–water partition coefficient (Wildman–Crippen LogP) is 4.40. The number of ether oxygens (including phenoxy) is 1. The molecule has 4 rings (SSSR count). The van der Waals surface area contributed by atoms with Gasteiger partial charge >= 0.3 is 0 Å². The molecular weight excluding hydrogens is 509 g/mol. The number of hydrogen-bond donors (Lipinski definition) is 2. The van der Waals surface area contributed by atoms with Gasteiger partial charge in [-0.05, 0) is 69.0 Å². The first-order valence-corrected chi connectivity index (χ1v) is 14.0. The third-order valence-corrected chi connectivity index (χ3v) is 7.55. The van der Waals surface area contributed by atoms with Gasteiger partial charge in [0.2, 0.25) is 0 Å². The van der Waals surface area contributed by atoms with Gasteiger partial charge in [-0.2, -0.15) is 8.42 Å². The van der Waals surface area contributed by atoms with Gasteiger partial charge < -0.3 is 15.4 Å². The number of nitrogens with one attached hydrogen (secondary N) is 1. The average molecular weight is 542 g/mol. The normalized spacial score (nSPS) is 17.6. The van der Waals surface area contributed by atoms with Gasteiger partial charge in [-0.25, -0.2) is 19.1 Å². The van der Waals surface area contributed by atoms with Crippen LogP contribution in [0.5, 0.6) is 5.75 Å². The number of pyridine rings is 2. The molecule has 0 saturated carbocycles. The van der Waals surface area contributed by atoms with Crippen LogP contribution >= 0.6 is 0 Å². The van der Waals surface area contributed by atoms with Crippen LogP contribution in [0.4, 0.5) is 16.0 Å². The highest BCUT2D eigenvalue weighted by atomic mass is 32.2. The molecule has 1 aliphatic rings. The fourth-order valence-electron chi connectivity index (χ4n) is 4.46. The molecule has 1 aliphatic heterocycles. The summed E-state index contributed by atoms with van der Waals surface area (Å²) < 4.78 is 48.0. The third kappa shape index (κ3) is 6.04. The summed E-state index contributed by atoms with van der Waals surface area (Å²) in [5.74, 6) is -0.353. The third-order valence-electron chi connectivity index (χ3n) is 6.31. The van der Waals surface area contributed by atoms with Gasteiger partial charge in [0.1, 0.15) is 23.2 Å². The number of nitrogen functional groups attached to an aromatic ring is 1. The SMILES string of the molecule is CC(C)COc1cc(F)cc(-c2ccc(C(=O)NS(=O)(=O)c3cccc(N)n3)c(N3[C@H](C)CC[C@@H]3C)n2)c1. The Bertz CT molecular complexity index is 1440. The van der Waals surface area contributed by atoms with Crippen LogP contribution in [0.15, 0.2) is 53.6 Å². The molecule has 0 bridgehead atoms. The van der Waals surface area contributed by atoms with Crippen LogP contribution in [0.1, 0.15) is 50.9 Å². The summed E-state index contributed by atoms with van der Waals surface area (Å²) in [6, 6.07) is 11.7. The largest absolute Gasteiger partial charge is 0.493 e. The van der Waals surface area contributed by atoms with Crippen molar-refractivity contribution in [1.82, 2.24) is 14.7 Å². The van der Waals surface area contributed by atoms with Crippen LogP contribution in [0.3, 0.4) is 0 Å². The predicted molar refractivity (Wildman–Crippen MR) is 144 cm³/mol. The molecule has 0 aliphatic carbocycles. The minimum Gasteiger partial charge on any atom is -0.493 e. The van der Waals surface area contributed by atoms with E-state index in [0.717, 1.165) is 12.8 Å². The van der Waals surface area contributed by atoms with Gasteiger partial charge in [0.25, 0.3) is 15.9 Å². The van der Waals surface area contributed by atoms with E-state index in [1.807, 2.05) is 32.6 Å². The van der Waals surface area contributed by atoms with E-state index in [1.165, 1.54) is 36.4 Å². The Kier molecular flexibility index (Phi) is 7.86. The number of anilines is 2. The topological polar surface area (TPSA) is 128 Å². The lowest BCUT2D eigenvalue weighted by molar-refractivity contribution is 0.0981. The number of carbonyl (C=O) groups excluding carboxylic acids is 1. The number of aromatic nitrogens is 2. The minimum absolute atomic E-state index is 0.0126. The van der Waals surface area contributed by atoms with Crippen LogP contribution < -0.4 is 20.1 Å². The molecule has 1 amide bonds. The van der Waals surface area contributed by atoms with E-state index < -0.39 is 21.7 Å². The van der Waals surface area contributed by atoms with E-state index >= 15 is 0 Å². The van der Waals surface area contributed by atoms with Crippen molar-refractivity contribution in [3.63, 3.8) is 0 Å². The highest BCUT2D eigenvalue weighted by molar-refractivity contribution is 7.90. The smallest absolute Gasteiger partial charge is 0.281 e. The van der Waals surface area contributed by atoms with Crippen LogP contribution in [-0.4, -0.2) is 43.0 Å². The van der Waals surface area contributed by atoms with Crippen LogP contribution in [-0.2, 0) is 10.0 Å². The molecule has 2 aromatic heterocycles. The highest BCUT2D eigenvalue weighted by Crippen LogP contribution is 2.34. The molecule has 0 spiro atoms. The standard InChI is InChI=1S/C27H32FN5O4S/c1-16(2)15-37-21-13-19(12-20(28)14-21)23-11-10-22(26(30-23)33-17(3)8-9-18(33)4)27(34)32-38(35,36)25-7-5-6-24(29)31-25/h5-7,10-14,16-18H,8-9,15H2,1-4H3,(H2,29,31)(H,32,34)/t17-,18+. The lowest BCUT2D eigenvalue weighted by Gasteiger charge is -2.29. The monoisotopic (exact) mass is 541 g/mol. The second-order valence-corrected chi connectivity index (χ2v) is 11.6. The van der Waals surface area contributed by atoms with Gasteiger partial charge in [0.05, 0.1) is 17.9 Å². The first-order chi connectivity index (χ1) is 17.9. The zero-order chi connectivity index (χ0) is 27.6. The molecule has 11 heteroatoms. The summed E-state index contributed by atoms with van der Waals surface area (Å²) in [7, 11) is -4.29. The highest BCUT2D eigenvalue weighted by Gasteiger charge is 2.33. The number of halogens is 1. The number of sulfonamides is 1. The lowest BCUT2D eigenvalue weighted by Crippen LogP contribution is -2.37. The van der Waals surface area contributed by atoms with E-state index in [2.05, 4.69) is 9.71 Å². The Morgan fingerprint density at radius 2 is 1.84 bits per heavy atom. The van der Waals surface area contributed by atoms with Crippen molar-refractivity contribution in [2.75, 3.05) is 17.2 Å². The van der Waals surface area contributed by atoms with Gasteiger partial charge in [-0.3, -0.25) is 4.79 Å². The summed E-state index contributed by atoms with van der Waals surface area (Å²) in [6.45, 7) is 8.47. The summed E-state index contributed by atoms with van der Waals surface area (Å²) in [5.41, 5.74) is 6.61. The number of nitrogens with zero attached hydrogens (tertiary/aromatic N) is 3. The fraction of sp³-hybridized carbons (Fsp3) is 0.370. The molecule has 202 valence electrons. The molecule has 2 atom stereocenters. The van der Waals surface area contributed by atoms with Crippen molar-refractivity contribution < 1.29 is 22.3 Å². The number of benzene rings is 1. The quantitative estimate of drug-likeness (QED) is 0.430. The van der Waals surface area contributed by atoms with Gasteiger partial charge in [-0.1, -0.05) is 19.9 Å². The zero-order valence-corrected chi connectivity index (χ0v) is 22.6. The minimum atomic E-state index is -4.29. The van der Waals surface area contributed by atoms with Crippen molar-refractivity contribution in [3.8, 4) is 17.0 Å². The fourth-order valence-corrected chi connectivity index (χ4v) is 5.40. The molecule has 3 heterocycles. The number of carbonyl (C=O) groups is 1. The van der Waals surface area contributed by atoms with Crippen LogP contribution in [0.25, 0.3) is 11.3 Å². The Hall–Kier alpha value is -3.73. The molecule has 9 nitrogen and oxygen atoms in total. The van der Waals surface area contributed by atoms with Crippen molar-refractivity contribution in [1.29, 1.82) is 0 Å². The summed E-state index contributed by atoms with van der Waals surface area (Å²) in [4.78, 5) is 23.9. The molecule has 3 aromatic rings. The molecule has 38 heavy (non-hydrogen) atoms. The van der Waals surface area contributed by atoms with Crippen LogP contribution in [0.2, 0.25) is 0 Å².